The molecule has 1 aliphatic rings. The van der Waals surface area contributed by atoms with Gasteiger partial charge in [0.25, 0.3) is 0 Å². The molecule has 0 bridgehead atoms. The Morgan fingerprint density at radius 3 is 2.58 bits per heavy atom. The van der Waals surface area contributed by atoms with Gasteiger partial charge in [0.2, 0.25) is 11.8 Å². The summed E-state index contributed by atoms with van der Waals surface area (Å²) in [5, 5.41) is 9.50. The molecule has 1 aliphatic heterocycles. The first-order chi connectivity index (χ1) is 15.0. The van der Waals surface area contributed by atoms with E-state index in [9.17, 15) is 9.59 Å². The Labute approximate surface area is 179 Å². The van der Waals surface area contributed by atoms with Gasteiger partial charge in [-0.2, -0.15) is 5.10 Å². The first-order valence-corrected chi connectivity index (χ1v) is 10.4. The summed E-state index contributed by atoms with van der Waals surface area (Å²) in [6.45, 7) is 5.85. The molecular formula is C23H24N6O2. The molecule has 5 rings (SSSR count). The van der Waals surface area contributed by atoms with Crippen LogP contribution in [0.2, 0.25) is 0 Å². The first-order valence-electron chi connectivity index (χ1n) is 10.4. The molecule has 1 saturated heterocycles. The van der Waals surface area contributed by atoms with Gasteiger partial charge in [0.05, 0.1) is 11.2 Å². The first kappa shape index (κ1) is 19.3. The van der Waals surface area contributed by atoms with Crippen LogP contribution in [-0.2, 0) is 11.3 Å². The van der Waals surface area contributed by atoms with Crippen LogP contribution in [0.5, 0.6) is 0 Å². The van der Waals surface area contributed by atoms with Crippen molar-refractivity contribution in [2.75, 3.05) is 26.2 Å². The van der Waals surface area contributed by atoms with Crippen LogP contribution >= 0.6 is 0 Å². The number of benzene rings is 2. The molecule has 2 amide bonds. The normalized spacial score (nSPS) is 15.1. The minimum absolute atomic E-state index is 0.151. The lowest BCUT2D eigenvalue weighted by atomic mass is 10.1. The van der Waals surface area contributed by atoms with Gasteiger partial charge >= 0.3 is 0 Å². The number of aromatic amines is 2. The molecule has 0 radical (unpaired) electrons. The lowest BCUT2D eigenvalue weighted by Gasteiger charge is -2.34. The molecule has 0 unspecified atom stereocenters. The number of carbonyl (C=O) groups is 2. The van der Waals surface area contributed by atoms with E-state index in [-0.39, 0.29) is 5.91 Å². The third-order valence-corrected chi connectivity index (χ3v) is 6.01. The van der Waals surface area contributed by atoms with Crippen LogP contribution in [-0.4, -0.2) is 63.0 Å². The van der Waals surface area contributed by atoms with Crippen LogP contribution in [0.3, 0.4) is 0 Å². The van der Waals surface area contributed by atoms with Crippen LogP contribution < -0.4 is 5.73 Å². The standard InChI is InChI=1S/C23H24N6O2/c1-14(30)29-8-6-28(7-9-29)13-15-2-5-19-17(10-15)12-21(25-19)22-18-4-3-16(23(24)31)11-20(18)26-27-22/h2-5,10-12,25H,6-9,13H2,1H3,(H2,24,31)(H,26,27). The van der Waals surface area contributed by atoms with E-state index in [1.807, 2.05) is 11.0 Å². The fraction of sp³-hybridized carbons (Fsp3) is 0.261. The number of rotatable bonds is 4. The molecule has 0 spiro atoms. The van der Waals surface area contributed by atoms with Crippen LogP contribution in [0.4, 0.5) is 0 Å². The Morgan fingerprint density at radius 1 is 1.03 bits per heavy atom. The van der Waals surface area contributed by atoms with E-state index in [1.165, 1.54) is 5.56 Å². The van der Waals surface area contributed by atoms with Gasteiger partial charge in [0.1, 0.15) is 5.69 Å². The molecule has 158 valence electrons. The number of carbonyl (C=O) groups excluding carboxylic acids is 2. The van der Waals surface area contributed by atoms with Crippen molar-refractivity contribution in [3.05, 3.63) is 53.6 Å². The zero-order valence-corrected chi connectivity index (χ0v) is 17.3. The van der Waals surface area contributed by atoms with Crippen molar-refractivity contribution in [3.63, 3.8) is 0 Å². The molecule has 0 atom stereocenters. The molecule has 0 aliphatic carbocycles. The van der Waals surface area contributed by atoms with Crippen LogP contribution in [0.25, 0.3) is 33.2 Å². The zero-order chi connectivity index (χ0) is 21.5. The maximum Gasteiger partial charge on any atom is 0.248 e. The number of nitrogens with two attached hydrogens (primary N) is 1. The molecule has 4 aromatic rings. The number of nitrogens with one attached hydrogen (secondary N) is 2. The van der Waals surface area contributed by atoms with Gasteiger partial charge in [0, 0.05) is 61.5 Å². The third-order valence-electron chi connectivity index (χ3n) is 6.01. The Kier molecular flexibility index (Phi) is 4.71. The fourth-order valence-electron chi connectivity index (χ4n) is 4.27. The summed E-state index contributed by atoms with van der Waals surface area (Å²) >= 11 is 0. The summed E-state index contributed by atoms with van der Waals surface area (Å²) in [5.74, 6) is -0.309. The van der Waals surface area contributed by atoms with Crippen molar-refractivity contribution in [3.8, 4) is 11.4 Å². The number of nitrogens with zero attached hydrogens (tertiary/aromatic N) is 3. The van der Waals surface area contributed by atoms with Gasteiger partial charge in [-0.1, -0.05) is 6.07 Å². The SMILES string of the molecule is CC(=O)N1CCN(Cc2ccc3[nH]c(-c4n[nH]c5cc(C(N)=O)ccc45)cc3c2)CC1. The average molecular weight is 416 g/mol. The number of hydrogen-bond donors (Lipinski definition) is 3. The highest BCUT2D eigenvalue weighted by Crippen LogP contribution is 2.29. The Hall–Kier alpha value is -3.65. The summed E-state index contributed by atoms with van der Waals surface area (Å²) in [6.07, 6.45) is 0. The molecule has 8 heteroatoms. The lowest BCUT2D eigenvalue weighted by Crippen LogP contribution is -2.47. The van der Waals surface area contributed by atoms with Gasteiger partial charge < -0.3 is 15.6 Å². The van der Waals surface area contributed by atoms with E-state index in [1.54, 1.807) is 19.1 Å². The van der Waals surface area contributed by atoms with Crippen LogP contribution in [0.15, 0.2) is 42.5 Å². The molecule has 2 aromatic heterocycles. The number of primary amides is 1. The topological polar surface area (TPSA) is 111 Å². The van der Waals surface area contributed by atoms with E-state index < -0.39 is 5.91 Å². The molecule has 2 aromatic carbocycles. The largest absolute Gasteiger partial charge is 0.366 e. The van der Waals surface area contributed by atoms with Gasteiger partial charge in [-0.3, -0.25) is 19.6 Å². The monoisotopic (exact) mass is 416 g/mol. The Bertz CT molecular complexity index is 1300. The minimum Gasteiger partial charge on any atom is -0.366 e. The predicted molar refractivity (Wildman–Crippen MR) is 119 cm³/mol. The fourth-order valence-corrected chi connectivity index (χ4v) is 4.27. The van der Waals surface area contributed by atoms with Crippen molar-refractivity contribution in [2.24, 2.45) is 5.73 Å². The quantitative estimate of drug-likeness (QED) is 0.474. The Morgan fingerprint density at radius 2 is 1.84 bits per heavy atom. The molecular weight excluding hydrogens is 392 g/mol. The highest BCUT2D eigenvalue weighted by molar-refractivity contribution is 6.01. The van der Waals surface area contributed by atoms with E-state index in [4.69, 9.17) is 5.73 Å². The number of amides is 2. The minimum atomic E-state index is -0.459. The maximum atomic E-state index is 11.5. The zero-order valence-electron chi connectivity index (χ0n) is 17.3. The molecule has 8 nitrogen and oxygen atoms in total. The summed E-state index contributed by atoms with van der Waals surface area (Å²) < 4.78 is 0. The molecule has 1 fully saturated rings. The number of hydrogen-bond acceptors (Lipinski definition) is 4. The van der Waals surface area contributed by atoms with E-state index in [0.717, 1.165) is 65.9 Å². The second kappa shape index (κ2) is 7.55. The van der Waals surface area contributed by atoms with Crippen molar-refractivity contribution in [1.29, 1.82) is 0 Å². The maximum absolute atomic E-state index is 11.5. The van der Waals surface area contributed by atoms with Crippen molar-refractivity contribution < 1.29 is 9.59 Å². The third kappa shape index (κ3) is 3.66. The van der Waals surface area contributed by atoms with Crippen molar-refractivity contribution in [2.45, 2.75) is 13.5 Å². The molecule has 0 saturated carbocycles. The predicted octanol–water partition coefficient (Wildman–Crippen LogP) is 2.47. The van der Waals surface area contributed by atoms with Gasteiger partial charge in [-0.05, 0) is 42.0 Å². The highest BCUT2D eigenvalue weighted by Gasteiger charge is 2.19. The van der Waals surface area contributed by atoms with Crippen LogP contribution in [0.1, 0.15) is 22.8 Å². The number of aromatic nitrogens is 3. The van der Waals surface area contributed by atoms with Crippen LogP contribution in [0, 0.1) is 0 Å². The van der Waals surface area contributed by atoms with E-state index in [0.29, 0.717) is 5.56 Å². The number of H-pyrrole nitrogens is 2. The average Bonchev–Trinajstić information content (AvgIpc) is 3.37. The smallest absolute Gasteiger partial charge is 0.248 e. The van der Waals surface area contributed by atoms with Crippen molar-refractivity contribution in [1.82, 2.24) is 25.0 Å². The summed E-state index contributed by atoms with van der Waals surface area (Å²) in [4.78, 5) is 30.7. The number of fused-ring (bicyclic) bond motifs is 2. The molecule has 3 heterocycles. The van der Waals surface area contributed by atoms with Gasteiger partial charge in [-0.15, -0.1) is 0 Å². The lowest BCUT2D eigenvalue weighted by molar-refractivity contribution is -0.130. The van der Waals surface area contributed by atoms with E-state index in [2.05, 4.69) is 44.3 Å². The second-order valence-corrected chi connectivity index (χ2v) is 8.08. The van der Waals surface area contributed by atoms with Gasteiger partial charge in [-0.25, -0.2) is 0 Å². The molecule has 31 heavy (non-hydrogen) atoms. The van der Waals surface area contributed by atoms with E-state index >= 15 is 0 Å². The summed E-state index contributed by atoms with van der Waals surface area (Å²) in [6, 6.07) is 13.8. The summed E-state index contributed by atoms with van der Waals surface area (Å²) in [7, 11) is 0. The highest BCUT2D eigenvalue weighted by atomic mass is 16.2. The second-order valence-electron chi connectivity index (χ2n) is 8.08. The summed E-state index contributed by atoms with van der Waals surface area (Å²) in [5.41, 5.74) is 10.6. The number of piperazine rings is 1. The van der Waals surface area contributed by atoms with Gasteiger partial charge in [0.15, 0.2) is 0 Å². The molecule has 4 N–H and O–H groups in total. The van der Waals surface area contributed by atoms with Crippen molar-refractivity contribution >= 4 is 33.6 Å². The Balaban J connectivity index is 1.38.